The molecule has 2 heterocycles. The van der Waals surface area contributed by atoms with Crippen molar-refractivity contribution in [3.8, 4) is 0 Å². The second-order valence-electron chi connectivity index (χ2n) is 7.26. The molecule has 0 N–H and O–H groups in total. The lowest BCUT2D eigenvalue weighted by Gasteiger charge is -2.30. The first-order chi connectivity index (χ1) is 13.2. The van der Waals surface area contributed by atoms with Crippen LogP contribution in [0.25, 0.3) is 10.9 Å². The van der Waals surface area contributed by atoms with Crippen LogP contribution in [-0.4, -0.2) is 9.55 Å². The van der Waals surface area contributed by atoms with E-state index in [0.717, 1.165) is 24.3 Å². The van der Waals surface area contributed by atoms with Gasteiger partial charge in [-0.2, -0.15) is 4.98 Å². The highest BCUT2D eigenvalue weighted by atomic mass is 16.1. The zero-order valence-corrected chi connectivity index (χ0v) is 15.2. The number of aryl methyl sites for hydroxylation is 1. The molecule has 3 heteroatoms. The minimum absolute atomic E-state index is 0.0772. The maximum Gasteiger partial charge on any atom is 0.280 e. The molecule has 1 atom stereocenters. The number of benzene rings is 3. The standard InChI is InChI=1S/C24H20N2O/c1-16-8-2-3-9-17(16)14-21-19-11-5-4-10-18(19)15-26-22-13-7-6-12-20(22)24(27)25-23(21)26/h2-13,21H,14-15H2,1H3. The molecule has 1 aliphatic rings. The van der Waals surface area contributed by atoms with Gasteiger partial charge in [0.05, 0.1) is 10.9 Å². The normalized spacial score (nSPS) is 15.4. The second kappa shape index (κ2) is 6.20. The molecule has 0 amide bonds. The van der Waals surface area contributed by atoms with E-state index in [2.05, 4.69) is 65.0 Å². The molecule has 1 unspecified atom stereocenters. The van der Waals surface area contributed by atoms with Crippen molar-refractivity contribution in [1.29, 1.82) is 0 Å². The van der Waals surface area contributed by atoms with Crippen molar-refractivity contribution in [2.75, 3.05) is 0 Å². The molecule has 0 radical (unpaired) electrons. The summed E-state index contributed by atoms with van der Waals surface area (Å²) in [5.74, 6) is 0.953. The van der Waals surface area contributed by atoms with Crippen molar-refractivity contribution in [1.82, 2.24) is 9.55 Å². The highest BCUT2D eigenvalue weighted by Crippen LogP contribution is 2.35. The summed E-state index contributed by atoms with van der Waals surface area (Å²) in [7, 11) is 0. The number of aromatic nitrogens is 2. The van der Waals surface area contributed by atoms with Crippen LogP contribution in [0, 0.1) is 6.92 Å². The van der Waals surface area contributed by atoms with E-state index in [4.69, 9.17) is 0 Å². The molecule has 0 spiro atoms. The van der Waals surface area contributed by atoms with Crippen LogP contribution < -0.4 is 5.56 Å². The first-order valence-corrected chi connectivity index (χ1v) is 9.34. The Morgan fingerprint density at radius 2 is 1.70 bits per heavy atom. The van der Waals surface area contributed by atoms with Crippen molar-refractivity contribution in [2.45, 2.75) is 25.8 Å². The van der Waals surface area contributed by atoms with Crippen LogP contribution in [0.15, 0.2) is 77.6 Å². The number of fused-ring (bicyclic) bond motifs is 4. The van der Waals surface area contributed by atoms with E-state index in [1.54, 1.807) is 0 Å². The third kappa shape index (κ3) is 2.58. The van der Waals surface area contributed by atoms with E-state index in [1.165, 1.54) is 22.3 Å². The second-order valence-corrected chi connectivity index (χ2v) is 7.26. The molecule has 1 aromatic heterocycles. The summed E-state index contributed by atoms with van der Waals surface area (Å²) in [5.41, 5.74) is 5.99. The summed E-state index contributed by atoms with van der Waals surface area (Å²) in [6.07, 6.45) is 0.842. The molecule has 0 saturated heterocycles. The maximum absolute atomic E-state index is 12.7. The quantitative estimate of drug-likeness (QED) is 0.534. The summed E-state index contributed by atoms with van der Waals surface area (Å²) < 4.78 is 2.22. The lowest BCUT2D eigenvalue weighted by Crippen LogP contribution is -2.28. The maximum atomic E-state index is 12.7. The van der Waals surface area contributed by atoms with Crippen LogP contribution in [0.1, 0.15) is 34.0 Å². The molecule has 3 aromatic carbocycles. The Morgan fingerprint density at radius 3 is 2.59 bits per heavy atom. The zero-order valence-electron chi connectivity index (χ0n) is 15.2. The van der Waals surface area contributed by atoms with Crippen molar-refractivity contribution in [3.05, 3.63) is 111 Å². The largest absolute Gasteiger partial charge is 0.324 e. The van der Waals surface area contributed by atoms with Gasteiger partial charge < -0.3 is 4.57 Å². The Balaban J connectivity index is 1.76. The Morgan fingerprint density at radius 1 is 0.963 bits per heavy atom. The SMILES string of the molecule is Cc1ccccc1CC1c2ccccc2Cn2c1nc(=O)c1ccccc12. The molecular formula is C24H20N2O. The van der Waals surface area contributed by atoms with Gasteiger partial charge in [0.25, 0.3) is 5.56 Å². The van der Waals surface area contributed by atoms with Crippen molar-refractivity contribution < 1.29 is 0 Å². The number of hydrogen-bond donors (Lipinski definition) is 0. The van der Waals surface area contributed by atoms with Gasteiger partial charge in [-0.15, -0.1) is 0 Å². The Labute approximate surface area is 157 Å². The average Bonchev–Trinajstić information content (AvgIpc) is 2.70. The Kier molecular flexibility index (Phi) is 3.68. The van der Waals surface area contributed by atoms with E-state index >= 15 is 0 Å². The monoisotopic (exact) mass is 352 g/mol. The van der Waals surface area contributed by atoms with Crippen LogP contribution in [-0.2, 0) is 13.0 Å². The summed E-state index contributed by atoms with van der Waals surface area (Å²) in [6, 6.07) is 24.8. The van der Waals surface area contributed by atoms with Gasteiger partial charge in [0.2, 0.25) is 0 Å². The van der Waals surface area contributed by atoms with Gasteiger partial charge in [-0.25, -0.2) is 0 Å². The molecule has 27 heavy (non-hydrogen) atoms. The molecule has 1 aliphatic heterocycles. The minimum atomic E-state index is -0.133. The average molecular weight is 352 g/mol. The molecule has 5 rings (SSSR count). The number of rotatable bonds is 2. The minimum Gasteiger partial charge on any atom is -0.324 e. The Bertz CT molecular complexity index is 1220. The number of nitrogens with zero attached hydrogens (tertiary/aromatic N) is 2. The van der Waals surface area contributed by atoms with E-state index in [-0.39, 0.29) is 11.5 Å². The van der Waals surface area contributed by atoms with Crippen LogP contribution in [0.4, 0.5) is 0 Å². The van der Waals surface area contributed by atoms with Gasteiger partial charge in [-0.3, -0.25) is 4.79 Å². The van der Waals surface area contributed by atoms with Gasteiger partial charge in [0.15, 0.2) is 0 Å². The fourth-order valence-electron chi connectivity index (χ4n) is 4.26. The fourth-order valence-corrected chi connectivity index (χ4v) is 4.26. The van der Waals surface area contributed by atoms with E-state index < -0.39 is 0 Å². The molecule has 0 bridgehead atoms. The van der Waals surface area contributed by atoms with E-state index in [9.17, 15) is 4.79 Å². The Hall–Kier alpha value is -3.20. The van der Waals surface area contributed by atoms with Crippen LogP contribution in [0.2, 0.25) is 0 Å². The van der Waals surface area contributed by atoms with Gasteiger partial charge >= 0.3 is 0 Å². The first-order valence-electron chi connectivity index (χ1n) is 9.34. The predicted octanol–water partition coefficient (Wildman–Crippen LogP) is 4.44. The van der Waals surface area contributed by atoms with Crippen molar-refractivity contribution >= 4 is 10.9 Å². The van der Waals surface area contributed by atoms with Crippen LogP contribution in [0.3, 0.4) is 0 Å². The highest BCUT2D eigenvalue weighted by Gasteiger charge is 2.28. The van der Waals surface area contributed by atoms with E-state index in [1.807, 2.05) is 24.3 Å². The number of para-hydroxylation sites is 1. The van der Waals surface area contributed by atoms with Gasteiger partial charge in [0.1, 0.15) is 5.82 Å². The fraction of sp³-hybridized carbons (Fsp3) is 0.167. The summed E-state index contributed by atoms with van der Waals surface area (Å²) >= 11 is 0. The smallest absolute Gasteiger partial charge is 0.280 e. The van der Waals surface area contributed by atoms with Crippen LogP contribution >= 0.6 is 0 Å². The summed E-state index contributed by atoms with van der Waals surface area (Å²) in [4.78, 5) is 17.3. The summed E-state index contributed by atoms with van der Waals surface area (Å²) in [6.45, 7) is 2.90. The van der Waals surface area contributed by atoms with Crippen molar-refractivity contribution in [2.24, 2.45) is 0 Å². The highest BCUT2D eigenvalue weighted by molar-refractivity contribution is 5.78. The van der Waals surface area contributed by atoms with E-state index in [0.29, 0.717) is 5.39 Å². The zero-order chi connectivity index (χ0) is 18.4. The third-order valence-corrected chi connectivity index (χ3v) is 5.67. The van der Waals surface area contributed by atoms with Crippen molar-refractivity contribution in [3.63, 3.8) is 0 Å². The molecule has 4 aromatic rings. The topological polar surface area (TPSA) is 34.9 Å². The molecule has 0 saturated carbocycles. The summed E-state index contributed by atoms with van der Waals surface area (Å²) in [5, 5.41) is 0.690. The lowest BCUT2D eigenvalue weighted by atomic mass is 9.84. The molecule has 3 nitrogen and oxygen atoms in total. The van der Waals surface area contributed by atoms with Gasteiger partial charge in [-0.1, -0.05) is 60.7 Å². The first kappa shape index (κ1) is 16.0. The lowest BCUT2D eigenvalue weighted by molar-refractivity contribution is 0.602. The molecule has 132 valence electrons. The molecule has 0 aliphatic carbocycles. The van der Waals surface area contributed by atoms with Gasteiger partial charge in [-0.05, 0) is 47.7 Å². The third-order valence-electron chi connectivity index (χ3n) is 5.67. The van der Waals surface area contributed by atoms with Crippen LogP contribution in [0.5, 0.6) is 0 Å². The molecular weight excluding hydrogens is 332 g/mol. The predicted molar refractivity (Wildman–Crippen MR) is 108 cm³/mol. The molecule has 0 fully saturated rings. The van der Waals surface area contributed by atoms with Gasteiger partial charge in [0, 0.05) is 12.5 Å². The number of hydrogen-bond acceptors (Lipinski definition) is 2.